The van der Waals surface area contributed by atoms with Crippen LogP contribution in [0.1, 0.15) is 92.5 Å². The summed E-state index contributed by atoms with van der Waals surface area (Å²) in [5, 5.41) is 0. The fourth-order valence-corrected chi connectivity index (χ4v) is 4.38. The van der Waals surface area contributed by atoms with Crippen LogP contribution in [0.4, 0.5) is 9.59 Å². The zero-order chi connectivity index (χ0) is 40.2. The van der Waals surface area contributed by atoms with Crippen LogP contribution in [0.3, 0.4) is 0 Å². The smallest absolute Gasteiger partial charge is 0.465 e. The summed E-state index contributed by atoms with van der Waals surface area (Å²) in [4.78, 5) is 72.8. The quantitative estimate of drug-likeness (QED) is 0.0354. The Morgan fingerprint density at radius 1 is 0.491 bits per heavy atom. The molecule has 55 heavy (non-hydrogen) atoms. The first-order chi connectivity index (χ1) is 26.4. The van der Waals surface area contributed by atoms with Crippen molar-refractivity contribution in [3.05, 3.63) is 83.4 Å². The van der Waals surface area contributed by atoms with Gasteiger partial charge in [0.1, 0.15) is 23.0 Å². The first-order valence-electron chi connectivity index (χ1n) is 18.2. The van der Waals surface area contributed by atoms with Gasteiger partial charge in [0.15, 0.2) is 0 Å². The summed E-state index contributed by atoms with van der Waals surface area (Å²) in [6.07, 6.45) is 1.65. The Kier molecular flexibility index (Phi) is 18.2. The van der Waals surface area contributed by atoms with Gasteiger partial charge in [-0.2, -0.15) is 0 Å². The Hall–Kier alpha value is -5.92. The molecule has 3 aromatic rings. The molecular weight excluding hydrogens is 716 g/mol. The van der Waals surface area contributed by atoms with E-state index in [1.165, 1.54) is 66.7 Å². The first-order valence-corrected chi connectivity index (χ1v) is 18.2. The van der Waals surface area contributed by atoms with Gasteiger partial charge in [-0.05, 0) is 118 Å². The van der Waals surface area contributed by atoms with Crippen LogP contribution in [0.2, 0.25) is 0 Å². The Labute approximate surface area is 320 Å². The van der Waals surface area contributed by atoms with Crippen molar-refractivity contribution < 1.29 is 66.7 Å². The van der Waals surface area contributed by atoms with E-state index in [9.17, 15) is 28.8 Å². The van der Waals surface area contributed by atoms with Gasteiger partial charge >= 0.3 is 36.2 Å². The maximum atomic E-state index is 12.8. The van der Waals surface area contributed by atoms with Crippen molar-refractivity contribution in [2.75, 3.05) is 26.4 Å². The minimum absolute atomic E-state index is 0.0909. The van der Waals surface area contributed by atoms with Crippen molar-refractivity contribution in [3.8, 4) is 23.0 Å². The molecule has 0 aliphatic heterocycles. The van der Waals surface area contributed by atoms with E-state index in [0.717, 1.165) is 0 Å². The summed E-state index contributed by atoms with van der Waals surface area (Å²) in [7, 11) is 0. The molecule has 14 nitrogen and oxygen atoms in total. The summed E-state index contributed by atoms with van der Waals surface area (Å²) in [6, 6.07) is 15.9. The molecule has 0 saturated carbocycles. The third-order valence-corrected chi connectivity index (χ3v) is 8.18. The summed E-state index contributed by atoms with van der Waals surface area (Å²) >= 11 is 0. The molecule has 0 fully saturated rings. The molecule has 3 aromatic carbocycles. The van der Waals surface area contributed by atoms with Gasteiger partial charge < -0.3 is 37.9 Å². The highest BCUT2D eigenvalue weighted by Crippen LogP contribution is 2.26. The van der Waals surface area contributed by atoms with Gasteiger partial charge in [-0.25, -0.2) is 19.2 Å². The lowest BCUT2D eigenvalue weighted by atomic mass is 10.1. The van der Waals surface area contributed by atoms with E-state index in [-0.39, 0.29) is 84.3 Å². The van der Waals surface area contributed by atoms with Gasteiger partial charge in [-0.3, -0.25) is 9.59 Å². The third kappa shape index (κ3) is 15.5. The summed E-state index contributed by atoms with van der Waals surface area (Å²) in [5.74, 6) is -1.36. The Morgan fingerprint density at radius 2 is 0.873 bits per heavy atom. The molecule has 2 atom stereocenters. The van der Waals surface area contributed by atoms with Crippen molar-refractivity contribution in [1.29, 1.82) is 0 Å². The van der Waals surface area contributed by atoms with Gasteiger partial charge in [-0.1, -0.05) is 27.7 Å². The van der Waals surface area contributed by atoms with Gasteiger partial charge in [-0.15, -0.1) is 0 Å². The van der Waals surface area contributed by atoms with Crippen LogP contribution in [0.25, 0.3) is 0 Å². The maximum absolute atomic E-state index is 12.8. The fraction of sp³-hybridized carbons (Fsp3) is 0.415. The van der Waals surface area contributed by atoms with E-state index >= 15 is 0 Å². The number of hydrogen-bond donors (Lipinski definition) is 0. The minimum atomic E-state index is -0.908. The number of carbonyl (C=O) groups is 6. The normalized spacial score (nSPS) is 11.7. The van der Waals surface area contributed by atoms with Crippen LogP contribution in [-0.2, 0) is 28.5 Å². The standard InChI is InChI=1S/C41H48O14/c1-6-27(3)36(42)48-22-8-10-24-50-40(46)53-32-16-12-30(13-17-32)38(44)52-34-20-21-35(29(5)26-34)55-39(45)31-14-18-33(19-15-31)54-41(47)51-25-11-9-23-49-37(43)28(4)7-2/h12-21,26-28H,6-11,22-25H2,1-5H3. The number of unbranched alkanes of at least 4 members (excludes halogenated alkanes) is 2. The zero-order valence-electron chi connectivity index (χ0n) is 31.8. The number of esters is 4. The first kappa shape index (κ1) is 43.5. The molecule has 0 spiro atoms. The van der Waals surface area contributed by atoms with E-state index in [4.69, 9.17) is 37.9 Å². The molecule has 0 saturated heterocycles. The summed E-state index contributed by atoms with van der Waals surface area (Å²) in [6.45, 7) is 9.77. The van der Waals surface area contributed by atoms with Crippen molar-refractivity contribution in [2.24, 2.45) is 11.8 Å². The van der Waals surface area contributed by atoms with Crippen LogP contribution >= 0.6 is 0 Å². The number of hydrogen-bond acceptors (Lipinski definition) is 14. The van der Waals surface area contributed by atoms with Crippen molar-refractivity contribution >= 4 is 36.2 Å². The Balaban J connectivity index is 1.37. The lowest BCUT2D eigenvalue weighted by Gasteiger charge is -2.11. The highest BCUT2D eigenvalue weighted by molar-refractivity contribution is 5.92. The molecule has 0 aliphatic rings. The van der Waals surface area contributed by atoms with Gasteiger partial charge in [0, 0.05) is 0 Å². The molecule has 0 amide bonds. The Morgan fingerprint density at radius 3 is 1.27 bits per heavy atom. The molecule has 2 unspecified atom stereocenters. The predicted molar refractivity (Wildman–Crippen MR) is 197 cm³/mol. The molecule has 3 rings (SSSR count). The second-order valence-corrected chi connectivity index (χ2v) is 12.5. The predicted octanol–water partition coefficient (Wildman–Crippen LogP) is 8.20. The topological polar surface area (TPSA) is 176 Å². The van der Waals surface area contributed by atoms with E-state index < -0.39 is 24.2 Å². The second kappa shape index (κ2) is 23.0. The maximum Gasteiger partial charge on any atom is 0.513 e. The van der Waals surface area contributed by atoms with Crippen LogP contribution in [0, 0.1) is 18.8 Å². The summed E-state index contributed by atoms with van der Waals surface area (Å²) in [5.41, 5.74) is 0.905. The SMILES string of the molecule is CCC(C)C(=O)OCCCCOC(=O)Oc1ccc(C(=O)Oc2ccc(OC(=O)c3ccc(OC(=O)OCCCCOC(=O)C(C)CC)cc3)c(C)c2)cc1. The lowest BCUT2D eigenvalue weighted by Crippen LogP contribution is -2.15. The average Bonchev–Trinajstić information content (AvgIpc) is 3.18. The fourth-order valence-electron chi connectivity index (χ4n) is 4.38. The molecule has 14 heteroatoms. The number of carbonyl (C=O) groups excluding carboxylic acids is 6. The molecule has 0 radical (unpaired) electrons. The Bertz CT molecular complexity index is 1730. The van der Waals surface area contributed by atoms with Gasteiger partial charge in [0.05, 0.1) is 49.4 Å². The van der Waals surface area contributed by atoms with E-state index in [0.29, 0.717) is 44.1 Å². The van der Waals surface area contributed by atoms with Crippen molar-refractivity contribution in [3.63, 3.8) is 0 Å². The van der Waals surface area contributed by atoms with Gasteiger partial charge in [0.2, 0.25) is 0 Å². The number of aryl methyl sites for hydroxylation is 1. The lowest BCUT2D eigenvalue weighted by molar-refractivity contribution is -0.149. The van der Waals surface area contributed by atoms with Crippen LogP contribution < -0.4 is 18.9 Å². The van der Waals surface area contributed by atoms with E-state index in [1.54, 1.807) is 20.8 Å². The largest absolute Gasteiger partial charge is 0.513 e. The van der Waals surface area contributed by atoms with Crippen LogP contribution in [-0.4, -0.2) is 62.6 Å². The van der Waals surface area contributed by atoms with E-state index in [2.05, 4.69) is 0 Å². The molecular formula is C41H48O14. The van der Waals surface area contributed by atoms with Crippen LogP contribution in [0.15, 0.2) is 66.7 Å². The minimum Gasteiger partial charge on any atom is -0.465 e. The summed E-state index contributed by atoms with van der Waals surface area (Å²) < 4.78 is 41.6. The zero-order valence-corrected chi connectivity index (χ0v) is 31.8. The van der Waals surface area contributed by atoms with Crippen molar-refractivity contribution in [1.82, 2.24) is 0 Å². The number of benzene rings is 3. The average molecular weight is 765 g/mol. The molecule has 0 aliphatic carbocycles. The van der Waals surface area contributed by atoms with Crippen molar-refractivity contribution in [2.45, 2.75) is 73.1 Å². The second-order valence-electron chi connectivity index (χ2n) is 12.5. The highest BCUT2D eigenvalue weighted by Gasteiger charge is 2.16. The molecule has 296 valence electrons. The third-order valence-electron chi connectivity index (χ3n) is 8.18. The molecule has 0 heterocycles. The number of rotatable bonds is 20. The highest BCUT2D eigenvalue weighted by atomic mass is 16.7. The molecule has 0 bridgehead atoms. The number of ether oxygens (including phenoxy) is 8. The van der Waals surface area contributed by atoms with Gasteiger partial charge in [0.25, 0.3) is 0 Å². The van der Waals surface area contributed by atoms with Crippen LogP contribution in [0.5, 0.6) is 23.0 Å². The van der Waals surface area contributed by atoms with E-state index in [1.807, 2.05) is 13.8 Å². The molecule has 0 aromatic heterocycles. The monoisotopic (exact) mass is 764 g/mol. The molecule has 0 N–H and O–H groups in total.